The molecule has 0 unspecified atom stereocenters. The lowest BCUT2D eigenvalue weighted by molar-refractivity contribution is -0.384. The fourth-order valence-corrected chi connectivity index (χ4v) is 8.67. The number of nitrogens with zero attached hydrogens (tertiary/aromatic N) is 6. The number of aromatic nitrogens is 3. The fourth-order valence-electron chi connectivity index (χ4n) is 8.34. The molecule has 0 bridgehead atoms. The Morgan fingerprint density at radius 3 is 1.30 bits per heavy atom. The van der Waals surface area contributed by atoms with Crippen molar-refractivity contribution in [2.45, 2.75) is 13.8 Å². The summed E-state index contributed by atoms with van der Waals surface area (Å²) in [6, 6.07) is 48.7. The summed E-state index contributed by atoms with van der Waals surface area (Å²) in [5.41, 5.74) is 19.0. The normalized spacial score (nSPS) is 9.58. The average molecular weight is 1760 g/mol. The molecule has 0 fully saturated rings. The number of benzene rings is 7. The summed E-state index contributed by atoms with van der Waals surface area (Å²) in [6.45, 7) is 7.74. The molecule has 37 nitrogen and oxygen atoms in total. The predicted octanol–water partition coefficient (Wildman–Crippen LogP) is 12.5. The zero-order chi connectivity index (χ0) is 91.8. The van der Waals surface area contributed by atoms with E-state index in [0.29, 0.717) is 97.9 Å². The van der Waals surface area contributed by atoms with Crippen molar-refractivity contribution in [2.24, 2.45) is 0 Å². The van der Waals surface area contributed by atoms with Gasteiger partial charge < -0.3 is 99.4 Å². The van der Waals surface area contributed by atoms with Gasteiger partial charge in [0, 0.05) is 109 Å². The predicted molar refractivity (Wildman–Crippen MR) is 457 cm³/mol. The Bertz CT molecular complexity index is 4750. The van der Waals surface area contributed by atoms with Crippen molar-refractivity contribution in [2.75, 3.05) is 165 Å². The van der Waals surface area contributed by atoms with Crippen molar-refractivity contribution in [3.05, 3.63) is 231 Å². The molecular formula is C82H102BrFN10O27. The highest BCUT2D eigenvalue weighted by Crippen LogP contribution is 2.32. The molecule has 656 valence electrons. The van der Waals surface area contributed by atoms with Crippen molar-refractivity contribution < 1.29 is 123 Å². The number of anilines is 4. The molecule has 3 aromatic heterocycles. The second-order valence-electron chi connectivity index (χ2n) is 21.6. The molecule has 3 heterocycles. The van der Waals surface area contributed by atoms with Crippen LogP contribution in [-0.4, -0.2) is 212 Å². The highest BCUT2D eigenvalue weighted by atomic mass is 79.9. The minimum Gasteiger partial charge on any atom is -0.508 e. The minimum absolute atomic E-state index is 0. The average Bonchev–Trinajstić information content (AvgIpc) is 0.709. The maximum atomic E-state index is 12.0. The van der Waals surface area contributed by atoms with Crippen molar-refractivity contribution in [3.8, 4) is 52.1 Å². The molecule has 39 heteroatoms. The zero-order valence-corrected chi connectivity index (χ0v) is 69.9. The number of nitrogens with two attached hydrogens (primary N) is 3. The van der Waals surface area contributed by atoms with Crippen LogP contribution in [0.2, 0.25) is 0 Å². The molecule has 0 saturated carbocycles. The number of esters is 3. The van der Waals surface area contributed by atoms with Crippen LogP contribution in [0, 0.1) is 42.2 Å². The van der Waals surface area contributed by atoms with E-state index in [1.165, 1.54) is 57.9 Å². The van der Waals surface area contributed by atoms with E-state index in [4.69, 9.17) is 90.8 Å². The van der Waals surface area contributed by atoms with E-state index in [2.05, 4.69) is 62.3 Å². The van der Waals surface area contributed by atoms with E-state index in [1.54, 1.807) is 104 Å². The van der Waals surface area contributed by atoms with Gasteiger partial charge in [-0.25, -0.2) is 19.4 Å². The highest BCUT2D eigenvalue weighted by molar-refractivity contribution is 9.09. The van der Waals surface area contributed by atoms with Crippen LogP contribution in [-0.2, 0) is 61.9 Å². The maximum Gasteiger partial charge on any atom is 0.384 e. The summed E-state index contributed by atoms with van der Waals surface area (Å²) in [5.74, 6) is 6.42. The second-order valence-corrected chi connectivity index (χ2v) is 22.4. The topological polar surface area (TPSA) is 524 Å². The summed E-state index contributed by atoms with van der Waals surface area (Å²) in [5, 5.41) is 61.4. The van der Waals surface area contributed by atoms with Gasteiger partial charge in [-0.3, -0.25) is 44.7 Å². The Hall–Kier alpha value is -13.8. The van der Waals surface area contributed by atoms with Crippen LogP contribution in [0.1, 0.15) is 16.6 Å². The Kier molecular flexibility index (Phi) is 61.4. The number of carbonyl (C=O) groups excluding carboxylic acids is 5. The molecule has 0 spiro atoms. The largest absolute Gasteiger partial charge is 0.508 e. The van der Waals surface area contributed by atoms with E-state index in [1.807, 2.05) is 91.0 Å². The van der Waals surface area contributed by atoms with Gasteiger partial charge in [0.05, 0.1) is 124 Å². The number of nitrogens with one attached hydrogen (secondary N) is 1. The molecule has 0 atom stereocenters. The van der Waals surface area contributed by atoms with E-state index in [9.17, 15) is 49.1 Å². The number of aliphatic hydroxyl groups is 2. The molecule has 10 N–H and O–H groups in total. The third-order valence-corrected chi connectivity index (χ3v) is 13.8. The van der Waals surface area contributed by atoms with E-state index < -0.39 is 39.8 Å². The van der Waals surface area contributed by atoms with Gasteiger partial charge in [-0.15, -0.1) is 0 Å². The number of aliphatic hydroxyl groups excluding tert-OH is 2. The first-order valence-electron chi connectivity index (χ1n) is 35.7. The summed E-state index contributed by atoms with van der Waals surface area (Å²) in [6.07, 6.45) is 6.14. The SMILES string of the molecule is CC#CC(=O)OC.CCO.CO.COCCBr.COCCOc1cc(N)c2ncccc2c1.COCCOc1cc(N/C(=C\C(=O)OC)C(=O)OC)c2ncccc2c1.COCCOc1cc([N+](=O)[O-])c2ncccc2c1.COCCOc1ccc(N)c([N+](=O)[O-])c1.Nc1ccc(O)cc1[N+](=O)[O-].O=C=O.[2HH].[2H]CF.c1ccc(Oc2ccccc2)cc1. The van der Waals surface area contributed by atoms with Gasteiger partial charge in [0.15, 0.2) is 0 Å². The Balaban J connectivity index is -0.00000135. The number of fused-ring (bicyclic) bond motifs is 3. The molecular weight excluding hydrogens is 1660 g/mol. The number of nitrogen functional groups attached to an aromatic ring is 3. The number of nitro groups is 3. The smallest absolute Gasteiger partial charge is 0.384 e. The lowest BCUT2D eigenvalue weighted by Crippen LogP contribution is -2.16. The quantitative estimate of drug-likeness (QED) is 0.00215. The molecule has 121 heavy (non-hydrogen) atoms. The third kappa shape index (κ3) is 47.3. The molecule has 0 aliphatic heterocycles. The Labute approximate surface area is 708 Å². The van der Waals surface area contributed by atoms with Crippen molar-refractivity contribution >= 4 is 113 Å². The van der Waals surface area contributed by atoms with Gasteiger partial charge in [0.2, 0.25) is 0 Å². The number of rotatable bonds is 27. The summed E-state index contributed by atoms with van der Waals surface area (Å²) >= 11 is 3.18. The van der Waals surface area contributed by atoms with Gasteiger partial charge >= 0.3 is 24.1 Å². The number of nitro benzene ring substituents is 3. The van der Waals surface area contributed by atoms with Crippen molar-refractivity contribution in [1.29, 1.82) is 0 Å². The van der Waals surface area contributed by atoms with Gasteiger partial charge in [-0.05, 0) is 98.8 Å². The fraction of sp³-hybridized carbons (Fsp3) is 0.280. The van der Waals surface area contributed by atoms with E-state index in [0.717, 1.165) is 64.7 Å². The van der Waals surface area contributed by atoms with E-state index >= 15 is 0 Å². The van der Waals surface area contributed by atoms with Crippen LogP contribution in [0.25, 0.3) is 32.7 Å². The molecule has 10 aromatic rings. The number of ether oxygens (including phenoxy) is 13. The van der Waals surface area contributed by atoms with Crippen LogP contribution in [0.3, 0.4) is 0 Å². The Morgan fingerprint density at radius 2 is 0.909 bits per heavy atom. The number of halogens is 2. The number of hydrogen-bond acceptors (Lipinski definition) is 34. The van der Waals surface area contributed by atoms with Crippen molar-refractivity contribution in [1.82, 2.24) is 15.0 Å². The lowest BCUT2D eigenvalue weighted by atomic mass is 10.1. The first-order valence-corrected chi connectivity index (χ1v) is 36.1. The molecule has 0 aliphatic rings. The van der Waals surface area contributed by atoms with Gasteiger partial charge in [-0.2, -0.15) is 9.59 Å². The van der Waals surface area contributed by atoms with Crippen LogP contribution in [0.4, 0.5) is 44.2 Å². The second kappa shape index (κ2) is 69.3. The Morgan fingerprint density at radius 1 is 0.521 bits per heavy atom. The van der Waals surface area contributed by atoms with Crippen LogP contribution in [0.5, 0.6) is 40.2 Å². The van der Waals surface area contributed by atoms with Gasteiger partial charge in [0.25, 0.3) is 17.1 Å². The number of phenols is 1. The van der Waals surface area contributed by atoms with Crippen LogP contribution in [0.15, 0.2) is 200 Å². The van der Waals surface area contributed by atoms with Gasteiger partial charge in [-0.1, -0.05) is 76.4 Å². The number of alkyl halides is 2. The lowest BCUT2D eigenvalue weighted by Gasteiger charge is -2.14. The highest BCUT2D eigenvalue weighted by Gasteiger charge is 2.19. The molecule has 0 amide bonds. The third-order valence-electron chi connectivity index (χ3n) is 13.4. The number of aromatic hydroxyl groups is 1. The van der Waals surface area contributed by atoms with Crippen molar-refractivity contribution in [3.63, 3.8) is 0 Å². The number of methoxy groups -OCH3 is 8. The zero-order valence-electron chi connectivity index (χ0n) is 69.3. The minimum atomic E-state index is -1.00. The van der Waals surface area contributed by atoms with E-state index in [-0.39, 0.29) is 54.1 Å². The number of phenolic OH excluding ortho intramolecular Hbond substituents is 1. The first kappa shape index (κ1) is 107. The summed E-state index contributed by atoms with van der Waals surface area (Å²) in [7, 11) is 11.8. The molecule has 0 saturated heterocycles. The van der Waals surface area contributed by atoms with Gasteiger partial charge in [0.1, 0.15) is 89.3 Å². The first-order chi connectivity index (χ1) is 58.8. The summed E-state index contributed by atoms with van der Waals surface area (Å²) in [4.78, 5) is 92.4. The number of pyridine rings is 3. The standard InChI is InChI=1S/C18H20N2O6.C12H12N2O4.C12H14N2O2.C12H10O.C9H12N2O4.C6H6N2O3.C5H6O2.C3H7BrO.C2H6O.CH3F.CO2.CH4O.H2/c1-23-7-8-26-13-9-12-5-4-6-19-17(12)14(10-13)20-15(18(22)25-3)11-16(21)24-2;1-17-5-6-18-10-7-9-3-2-4-13-12(9)11(8-10)14(15)16;1-15-5-6-16-10-7-9-3-2-4-14-12(9)11(13)8-10;1-3-7-11(8-4-1)13-12-9-5-2-6-10-12;1-14-4-5-15-7-2-3-8(10)9(6-7)11(12)13;7-5-2-1-4(9)3-6(5)8(10)11;1-3-4-5(6)7-2;1-5-3-2-4;1-2-3;1-2;2-1-3;1-2;/h4-6,9-11,20H,7-8H2,1-3H3;2-4,7-8H,5-6H2,1H3;2-4,7-8H,5-6,13H2,1H3;1-10H;2-3,6H,4-5,10H2,1H3;1-3,9H,7H2;1-2H3;2-3H2,1H3;3H,2H2,1H3;1H3;;2H,1H3;1H/b15-11-;;;;;;;;;;;;/i;;;;;;;;;1D;;;1+1. The molecule has 0 aliphatic carbocycles. The number of carbonyl (C=O) groups is 3. The number of non-ortho nitro benzene ring substituents is 1. The van der Waals surface area contributed by atoms with Crippen LogP contribution >= 0.6 is 15.9 Å². The number of hydrogen-bond donors (Lipinski definition) is 7. The molecule has 10 rings (SSSR count). The van der Waals surface area contributed by atoms with Crippen LogP contribution < -0.4 is 46.2 Å². The maximum absolute atomic E-state index is 12.0. The monoisotopic (exact) mass is 1760 g/mol. The molecule has 0 radical (unpaired) electrons. The molecule has 7 aromatic carbocycles. The number of para-hydroxylation sites is 2. The summed E-state index contributed by atoms with van der Waals surface area (Å²) < 4.78 is 80.4.